The molecule has 20 heavy (non-hydrogen) atoms. The number of benzene rings is 1. The van der Waals surface area contributed by atoms with Crippen molar-refractivity contribution >= 4 is 15.9 Å². The Morgan fingerprint density at radius 1 is 1.40 bits per heavy atom. The normalized spacial score (nSPS) is 20.9. The Morgan fingerprint density at radius 3 is 2.65 bits per heavy atom. The first kappa shape index (κ1) is 15.0. The van der Waals surface area contributed by atoms with Gasteiger partial charge in [-0.15, -0.1) is 0 Å². The molecule has 1 amide bonds. The molecule has 2 rings (SSSR count). The van der Waals surface area contributed by atoms with E-state index in [-0.39, 0.29) is 11.9 Å². The predicted octanol–water partition coefficient (Wildman–Crippen LogP) is -0.163. The van der Waals surface area contributed by atoms with Crippen molar-refractivity contribution in [3.05, 3.63) is 35.9 Å². The smallest absolute Gasteiger partial charge is 0.244 e. The van der Waals surface area contributed by atoms with Gasteiger partial charge in [-0.05, 0) is 12.0 Å². The van der Waals surface area contributed by atoms with Gasteiger partial charge in [-0.3, -0.25) is 4.79 Å². The van der Waals surface area contributed by atoms with Crippen LogP contribution in [-0.4, -0.2) is 44.6 Å². The van der Waals surface area contributed by atoms with Crippen LogP contribution < -0.4 is 10.5 Å². The quantitative estimate of drug-likeness (QED) is 0.807. The standard InChI is InChI=1S/C13H19N3O3S/c1-20(18,19)15-11-7-8-16(9-11)13(17)12(14)10-5-3-2-4-6-10/h2-6,11-12,15H,7-9,14H2,1H3/t11-,12-/m1/s1. The lowest BCUT2D eigenvalue weighted by Crippen LogP contribution is -2.40. The largest absolute Gasteiger partial charge is 0.339 e. The zero-order valence-electron chi connectivity index (χ0n) is 11.3. The van der Waals surface area contributed by atoms with E-state index in [1.54, 1.807) is 4.90 Å². The monoisotopic (exact) mass is 297 g/mol. The Bertz CT molecular complexity index is 574. The van der Waals surface area contributed by atoms with Crippen LogP contribution in [0.2, 0.25) is 0 Å². The first-order valence-electron chi connectivity index (χ1n) is 6.43. The van der Waals surface area contributed by atoms with Crippen LogP contribution in [0.25, 0.3) is 0 Å². The summed E-state index contributed by atoms with van der Waals surface area (Å²) in [4.78, 5) is 13.9. The molecule has 0 radical (unpaired) electrons. The summed E-state index contributed by atoms with van der Waals surface area (Å²) >= 11 is 0. The lowest BCUT2D eigenvalue weighted by molar-refractivity contribution is -0.131. The molecule has 2 atom stereocenters. The van der Waals surface area contributed by atoms with E-state index in [1.807, 2.05) is 30.3 Å². The summed E-state index contributed by atoms with van der Waals surface area (Å²) in [6, 6.07) is 8.23. The zero-order chi connectivity index (χ0) is 14.8. The average molecular weight is 297 g/mol. The van der Waals surface area contributed by atoms with Gasteiger partial charge in [-0.2, -0.15) is 0 Å². The fourth-order valence-electron chi connectivity index (χ4n) is 2.36. The molecule has 110 valence electrons. The molecule has 1 aliphatic heterocycles. The fourth-order valence-corrected chi connectivity index (χ4v) is 3.16. The Morgan fingerprint density at radius 2 is 2.05 bits per heavy atom. The molecule has 1 fully saturated rings. The summed E-state index contributed by atoms with van der Waals surface area (Å²) in [6.45, 7) is 0.888. The van der Waals surface area contributed by atoms with Gasteiger partial charge < -0.3 is 10.6 Å². The first-order valence-corrected chi connectivity index (χ1v) is 8.32. The van der Waals surface area contributed by atoms with Crippen molar-refractivity contribution in [2.45, 2.75) is 18.5 Å². The van der Waals surface area contributed by atoms with Gasteiger partial charge in [0.05, 0.1) is 6.26 Å². The van der Waals surface area contributed by atoms with E-state index in [9.17, 15) is 13.2 Å². The van der Waals surface area contributed by atoms with Gasteiger partial charge >= 0.3 is 0 Å². The Labute approximate surface area is 119 Å². The van der Waals surface area contributed by atoms with E-state index in [0.717, 1.165) is 11.8 Å². The van der Waals surface area contributed by atoms with Crippen molar-refractivity contribution in [1.29, 1.82) is 0 Å². The van der Waals surface area contributed by atoms with Crippen LogP contribution in [0, 0.1) is 0 Å². The second kappa shape index (κ2) is 5.90. The summed E-state index contributed by atoms with van der Waals surface area (Å²) in [7, 11) is -3.25. The van der Waals surface area contributed by atoms with Crippen molar-refractivity contribution in [3.8, 4) is 0 Å². The second-order valence-corrected chi connectivity index (χ2v) is 6.83. The number of rotatable bonds is 4. The van der Waals surface area contributed by atoms with Gasteiger partial charge in [0.1, 0.15) is 6.04 Å². The third kappa shape index (κ3) is 3.78. The van der Waals surface area contributed by atoms with Crippen LogP contribution in [0.15, 0.2) is 30.3 Å². The Balaban J connectivity index is 1.98. The van der Waals surface area contributed by atoms with E-state index >= 15 is 0 Å². The minimum Gasteiger partial charge on any atom is -0.339 e. The maximum Gasteiger partial charge on any atom is 0.244 e. The zero-order valence-corrected chi connectivity index (χ0v) is 12.1. The minimum absolute atomic E-state index is 0.172. The number of amides is 1. The highest BCUT2D eigenvalue weighted by Crippen LogP contribution is 2.17. The van der Waals surface area contributed by atoms with E-state index < -0.39 is 16.1 Å². The van der Waals surface area contributed by atoms with Crippen LogP contribution in [0.5, 0.6) is 0 Å². The van der Waals surface area contributed by atoms with Gasteiger partial charge in [0, 0.05) is 19.1 Å². The van der Waals surface area contributed by atoms with E-state index in [0.29, 0.717) is 19.5 Å². The molecule has 0 bridgehead atoms. The number of carbonyl (C=O) groups excluding carboxylic acids is 1. The number of hydrogen-bond acceptors (Lipinski definition) is 4. The molecular weight excluding hydrogens is 278 g/mol. The summed E-state index contributed by atoms with van der Waals surface area (Å²) in [5.41, 5.74) is 6.72. The highest BCUT2D eigenvalue weighted by atomic mass is 32.2. The van der Waals surface area contributed by atoms with Crippen molar-refractivity contribution in [2.24, 2.45) is 5.73 Å². The molecule has 3 N–H and O–H groups in total. The number of sulfonamides is 1. The Hall–Kier alpha value is -1.44. The van der Waals surface area contributed by atoms with Crippen molar-refractivity contribution in [2.75, 3.05) is 19.3 Å². The number of likely N-dealkylation sites (tertiary alicyclic amines) is 1. The lowest BCUT2D eigenvalue weighted by Gasteiger charge is -2.21. The van der Waals surface area contributed by atoms with Gasteiger partial charge in [0.25, 0.3) is 0 Å². The number of nitrogens with one attached hydrogen (secondary N) is 1. The van der Waals surface area contributed by atoms with Gasteiger partial charge in [0.2, 0.25) is 15.9 Å². The van der Waals surface area contributed by atoms with Crippen molar-refractivity contribution < 1.29 is 13.2 Å². The summed E-state index contributed by atoms with van der Waals surface area (Å²) in [5.74, 6) is -0.172. The number of nitrogens with zero attached hydrogens (tertiary/aromatic N) is 1. The molecule has 1 heterocycles. The molecule has 1 aromatic carbocycles. The third-order valence-electron chi connectivity index (χ3n) is 3.31. The topological polar surface area (TPSA) is 92.5 Å². The fraction of sp³-hybridized carbons (Fsp3) is 0.462. The molecule has 0 aliphatic carbocycles. The maximum atomic E-state index is 12.3. The van der Waals surface area contributed by atoms with Crippen molar-refractivity contribution in [3.63, 3.8) is 0 Å². The first-order chi connectivity index (χ1) is 9.37. The second-order valence-electron chi connectivity index (χ2n) is 5.05. The molecule has 1 aromatic rings. The third-order valence-corrected chi connectivity index (χ3v) is 4.07. The number of hydrogen-bond donors (Lipinski definition) is 2. The van der Waals surface area contributed by atoms with Gasteiger partial charge in [-0.1, -0.05) is 30.3 Å². The van der Waals surface area contributed by atoms with Crippen LogP contribution in [0.4, 0.5) is 0 Å². The highest BCUT2D eigenvalue weighted by molar-refractivity contribution is 7.88. The molecule has 1 aliphatic rings. The molecular formula is C13H19N3O3S. The predicted molar refractivity (Wildman–Crippen MR) is 76.3 cm³/mol. The van der Waals surface area contributed by atoms with Crippen LogP contribution in [0.1, 0.15) is 18.0 Å². The van der Waals surface area contributed by atoms with Crippen molar-refractivity contribution in [1.82, 2.24) is 9.62 Å². The van der Waals surface area contributed by atoms with Crippen LogP contribution >= 0.6 is 0 Å². The molecule has 0 saturated carbocycles. The Kier molecular flexibility index (Phi) is 4.42. The molecule has 0 unspecified atom stereocenters. The maximum absolute atomic E-state index is 12.3. The van der Waals surface area contributed by atoms with Gasteiger partial charge in [-0.25, -0.2) is 13.1 Å². The highest BCUT2D eigenvalue weighted by Gasteiger charge is 2.31. The lowest BCUT2D eigenvalue weighted by atomic mass is 10.1. The SMILES string of the molecule is CS(=O)(=O)N[C@@H]1CCN(C(=O)[C@H](N)c2ccccc2)C1. The van der Waals surface area contributed by atoms with E-state index in [2.05, 4.69) is 4.72 Å². The molecule has 0 aromatic heterocycles. The summed E-state index contributed by atoms with van der Waals surface area (Å²) < 4.78 is 24.9. The number of carbonyl (C=O) groups is 1. The number of nitrogens with two attached hydrogens (primary N) is 1. The van der Waals surface area contributed by atoms with E-state index in [4.69, 9.17) is 5.73 Å². The summed E-state index contributed by atoms with van der Waals surface area (Å²) in [5, 5.41) is 0. The van der Waals surface area contributed by atoms with Crippen LogP contribution in [0.3, 0.4) is 0 Å². The van der Waals surface area contributed by atoms with E-state index in [1.165, 1.54) is 0 Å². The molecule has 1 saturated heterocycles. The minimum atomic E-state index is -3.25. The molecule has 6 nitrogen and oxygen atoms in total. The average Bonchev–Trinajstić information content (AvgIpc) is 2.84. The molecule has 0 spiro atoms. The van der Waals surface area contributed by atoms with Gasteiger partial charge in [0.15, 0.2) is 0 Å². The van der Waals surface area contributed by atoms with Crippen LogP contribution in [-0.2, 0) is 14.8 Å². The summed E-state index contributed by atoms with van der Waals surface area (Å²) in [6.07, 6.45) is 1.73. The molecule has 7 heteroatoms.